The quantitative estimate of drug-likeness (QED) is 0.908. The van der Waals surface area contributed by atoms with Gasteiger partial charge in [0.1, 0.15) is 6.10 Å². The third kappa shape index (κ3) is 3.72. The summed E-state index contributed by atoms with van der Waals surface area (Å²) in [7, 11) is 0. The largest absolute Gasteiger partial charge is 0.384 e. The van der Waals surface area contributed by atoms with Gasteiger partial charge in [0.05, 0.1) is 6.04 Å². The number of amides is 1. The van der Waals surface area contributed by atoms with E-state index in [0.717, 1.165) is 11.1 Å². The number of carbonyl (C=O) groups is 1. The maximum atomic E-state index is 11.9. The van der Waals surface area contributed by atoms with Crippen LogP contribution in [-0.2, 0) is 4.79 Å². The molecular formula is C18H24N4O3. The van der Waals surface area contributed by atoms with Crippen molar-refractivity contribution < 1.29 is 14.4 Å². The van der Waals surface area contributed by atoms with E-state index >= 15 is 0 Å². The highest BCUT2D eigenvalue weighted by atomic mass is 16.5. The highest BCUT2D eigenvalue weighted by molar-refractivity contribution is 5.80. The average Bonchev–Trinajstić information content (AvgIpc) is 3.10. The third-order valence-corrected chi connectivity index (χ3v) is 4.72. The van der Waals surface area contributed by atoms with Crippen LogP contribution in [0.4, 0.5) is 0 Å². The van der Waals surface area contributed by atoms with E-state index < -0.39 is 6.10 Å². The number of aryl methyl sites for hydroxylation is 1. The molecule has 2 unspecified atom stereocenters. The number of aromatic nitrogens is 2. The first kappa shape index (κ1) is 17.6. The molecule has 3 rings (SSSR count). The van der Waals surface area contributed by atoms with Crippen LogP contribution in [-0.4, -0.2) is 63.2 Å². The van der Waals surface area contributed by atoms with Gasteiger partial charge in [-0.1, -0.05) is 29.4 Å². The molecule has 1 N–H and O–H groups in total. The summed E-state index contributed by atoms with van der Waals surface area (Å²) >= 11 is 0. The molecule has 25 heavy (non-hydrogen) atoms. The monoisotopic (exact) mass is 344 g/mol. The number of rotatable bonds is 4. The summed E-state index contributed by atoms with van der Waals surface area (Å²) in [5, 5.41) is 13.5. The van der Waals surface area contributed by atoms with E-state index in [-0.39, 0.29) is 11.9 Å². The Kier molecular flexibility index (Phi) is 5.15. The Morgan fingerprint density at radius 2 is 1.88 bits per heavy atom. The molecular weight excluding hydrogens is 320 g/mol. The molecule has 7 nitrogen and oxygen atoms in total. The predicted octanol–water partition coefficient (Wildman–Crippen LogP) is 1.63. The van der Waals surface area contributed by atoms with Crippen molar-refractivity contribution in [1.29, 1.82) is 0 Å². The summed E-state index contributed by atoms with van der Waals surface area (Å²) in [6.07, 6.45) is -0.948. The Morgan fingerprint density at radius 1 is 1.20 bits per heavy atom. The minimum Gasteiger partial charge on any atom is -0.384 e. The molecule has 1 aromatic carbocycles. The topological polar surface area (TPSA) is 82.7 Å². The van der Waals surface area contributed by atoms with Gasteiger partial charge in [0.25, 0.3) is 5.91 Å². The Labute approximate surface area is 147 Å². The molecule has 2 aromatic rings. The summed E-state index contributed by atoms with van der Waals surface area (Å²) in [5.74, 6) is 0.961. The highest BCUT2D eigenvalue weighted by Crippen LogP contribution is 2.25. The molecule has 1 saturated heterocycles. The number of benzene rings is 1. The molecule has 1 aliphatic rings. The minimum atomic E-state index is -0.948. The summed E-state index contributed by atoms with van der Waals surface area (Å²) in [6.45, 7) is 8.15. The molecule has 0 spiro atoms. The molecule has 0 radical (unpaired) electrons. The van der Waals surface area contributed by atoms with E-state index in [2.05, 4.69) is 15.0 Å². The van der Waals surface area contributed by atoms with Gasteiger partial charge in [-0.05, 0) is 26.3 Å². The van der Waals surface area contributed by atoms with Crippen LogP contribution in [0, 0.1) is 6.92 Å². The zero-order valence-electron chi connectivity index (χ0n) is 14.8. The second-order valence-corrected chi connectivity index (χ2v) is 6.48. The fraction of sp³-hybridized carbons (Fsp3) is 0.500. The van der Waals surface area contributed by atoms with E-state index in [1.54, 1.807) is 4.90 Å². The molecule has 2 atom stereocenters. The van der Waals surface area contributed by atoms with E-state index in [0.29, 0.717) is 37.9 Å². The Balaban J connectivity index is 1.66. The summed E-state index contributed by atoms with van der Waals surface area (Å²) in [6, 6.07) is 7.92. The fourth-order valence-corrected chi connectivity index (χ4v) is 3.09. The van der Waals surface area contributed by atoms with Gasteiger partial charge >= 0.3 is 0 Å². The molecule has 0 saturated carbocycles. The second kappa shape index (κ2) is 7.33. The van der Waals surface area contributed by atoms with Crippen molar-refractivity contribution in [3.63, 3.8) is 0 Å². The van der Waals surface area contributed by atoms with Crippen molar-refractivity contribution in [3.05, 3.63) is 35.7 Å². The molecule has 7 heteroatoms. The van der Waals surface area contributed by atoms with E-state index in [4.69, 9.17) is 4.52 Å². The van der Waals surface area contributed by atoms with Crippen molar-refractivity contribution in [1.82, 2.24) is 19.9 Å². The van der Waals surface area contributed by atoms with Gasteiger partial charge in [-0.2, -0.15) is 4.98 Å². The van der Waals surface area contributed by atoms with E-state index in [1.165, 1.54) is 6.92 Å². The van der Waals surface area contributed by atoms with Crippen molar-refractivity contribution in [2.75, 3.05) is 26.2 Å². The Morgan fingerprint density at radius 3 is 2.52 bits per heavy atom. The van der Waals surface area contributed by atoms with Gasteiger partial charge in [-0.25, -0.2) is 0 Å². The van der Waals surface area contributed by atoms with E-state index in [9.17, 15) is 9.90 Å². The van der Waals surface area contributed by atoms with Crippen molar-refractivity contribution >= 4 is 5.91 Å². The Bertz CT molecular complexity index is 735. The van der Waals surface area contributed by atoms with Gasteiger partial charge in [0.2, 0.25) is 11.7 Å². The van der Waals surface area contributed by atoms with Gasteiger partial charge in [-0.3, -0.25) is 9.69 Å². The van der Waals surface area contributed by atoms with Crippen LogP contribution in [0.2, 0.25) is 0 Å². The van der Waals surface area contributed by atoms with Crippen LogP contribution in [0.5, 0.6) is 0 Å². The first-order chi connectivity index (χ1) is 12.0. The van der Waals surface area contributed by atoms with Crippen LogP contribution >= 0.6 is 0 Å². The van der Waals surface area contributed by atoms with Gasteiger partial charge in [0, 0.05) is 31.7 Å². The number of nitrogens with zero attached hydrogens (tertiary/aromatic N) is 4. The number of aliphatic hydroxyl groups is 1. The molecule has 1 fully saturated rings. The third-order valence-electron chi connectivity index (χ3n) is 4.72. The lowest BCUT2D eigenvalue weighted by molar-refractivity contribution is -0.141. The average molecular weight is 344 g/mol. The number of hydrogen-bond acceptors (Lipinski definition) is 6. The maximum Gasteiger partial charge on any atom is 0.251 e. The molecule has 1 amide bonds. The first-order valence-electron chi connectivity index (χ1n) is 8.58. The molecule has 1 aromatic heterocycles. The smallest absolute Gasteiger partial charge is 0.251 e. The van der Waals surface area contributed by atoms with Crippen LogP contribution < -0.4 is 0 Å². The minimum absolute atomic E-state index is 0.0194. The molecule has 0 bridgehead atoms. The number of piperazine rings is 1. The summed E-state index contributed by atoms with van der Waals surface area (Å²) < 4.78 is 5.48. The van der Waals surface area contributed by atoms with Crippen molar-refractivity contribution in [2.24, 2.45) is 0 Å². The molecule has 134 valence electrons. The number of aliphatic hydroxyl groups excluding tert-OH is 1. The number of hydrogen-bond donors (Lipinski definition) is 1. The highest BCUT2D eigenvalue weighted by Gasteiger charge is 2.29. The van der Waals surface area contributed by atoms with Crippen LogP contribution in [0.25, 0.3) is 11.4 Å². The second-order valence-electron chi connectivity index (χ2n) is 6.48. The maximum absolute atomic E-state index is 11.9. The standard InChI is InChI=1S/C18H24N4O3/c1-12-6-4-5-7-15(12)16-19-17(25-20-16)13(2)21-8-10-22(11-9-21)18(24)14(3)23/h4-7,13-14,23H,8-11H2,1-3H3. The molecule has 1 aliphatic heterocycles. The van der Waals surface area contributed by atoms with Gasteiger partial charge < -0.3 is 14.5 Å². The lowest BCUT2D eigenvalue weighted by Crippen LogP contribution is -2.51. The van der Waals surface area contributed by atoms with Crippen molar-refractivity contribution in [3.8, 4) is 11.4 Å². The van der Waals surface area contributed by atoms with Crippen molar-refractivity contribution in [2.45, 2.75) is 32.9 Å². The lowest BCUT2D eigenvalue weighted by atomic mass is 10.1. The van der Waals surface area contributed by atoms with E-state index in [1.807, 2.05) is 38.1 Å². The van der Waals surface area contributed by atoms with Crippen LogP contribution in [0.3, 0.4) is 0 Å². The summed E-state index contributed by atoms with van der Waals surface area (Å²) in [4.78, 5) is 20.3. The normalized spacial score (nSPS) is 18.2. The fourth-order valence-electron chi connectivity index (χ4n) is 3.09. The SMILES string of the molecule is Cc1ccccc1-c1noc(C(C)N2CCN(C(=O)C(C)O)CC2)n1. The molecule has 0 aliphatic carbocycles. The zero-order chi connectivity index (χ0) is 18.0. The Hall–Kier alpha value is -2.25. The predicted molar refractivity (Wildman–Crippen MR) is 92.7 cm³/mol. The zero-order valence-corrected chi connectivity index (χ0v) is 14.8. The van der Waals surface area contributed by atoms with Gasteiger partial charge in [0.15, 0.2) is 0 Å². The first-order valence-corrected chi connectivity index (χ1v) is 8.58. The number of carbonyl (C=O) groups excluding carboxylic acids is 1. The van der Waals surface area contributed by atoms with Gasteiger partial charge in [-0.15, -0.1) is 0 Å². The van der Waals surface area contributed by atoms with Crippen LogP contribution in [0.1, 0.15) is 31.3 Å². The van der Waals surface area contributed by atoms with Crippen LogP contribution in [0.15, 0.2) is 28.8 Å². The molecule has 2 heterocycles. The lowest BCUT2D eigenvalue weighted by Gasteiger charge is -2.37. The summed E-state index contributed by atoms with van der Waals surface area (Å²) in [5.41, 5.74) is 2.07.